The highest BCUT2D eigenvalue weighted by atomic mass is 16.6. The van der Waals surface area contributed by atoms with Crippen LogP contribution in [0.2, 0.25) is 0 Å². The SMILES string of the molecule is Cc1cccc(C(=O)N2CCN(CC(=O)NCc3ccccc3)CC2)c1[N+](=O)[O-]. The first kappa shape index (κ1) is 20.5. The topological polar surface area (TPSA) is 95.8 Å². The second kappa shape index (κ2) is 9.29. The van der Waals surface area contributed by atoms with Crippen LogP contribution in [0.1, 0.15) is 21.5 Å². The van der Waals surface area contributed by atoms with E-state index < -0.39 is 4.92 Å². The number of aryl methyl sites for hydroxylation is 1. The van der Waals surface area contributed by atoms with Crippen molar-refractivity contribution in [3.8, 4) is 0 Å². The van der Waals surface area contributed by atoms with Gasteiger partial charge in [-0.1, -0.05) is 42.5 Å². The van der Waals surface area contributed by atoms with E-state index in [1.54, 1.807) is 24.0 Å². The van der Waals surface area contributed by atoms with Gasteiger partial charge in [0.1, 0.15) is 5.56 Å². The Labute approximate surface area is 169 Å². The zero-order valence-corrected chi connectivity index (χ0v) is 16.3. The van der Waals surface area contributed by atoms with Crippen LogP contribution in [0.4, 0.5) is 5.69 Å². The van der Waals surface area contributed by atoms with E-state index in [-0.39, 0.29) is 29.6 Å². The molecule has 1 N–H and O–H groups in total. The molecule has 0 atom stereocenters. The van der Waals surface area contributed by atoms with Crippen LogP contribution in [0, 0.1) is 17.0 Å². The minimum absolute atomic E-state index is 0.0667. The van der Waals surface area contributed by atoms with Crippen molar-refractivity contribution in [2.24, 2.45) is 0 Å². The van der Waals surface area contributed by atoms with E-state index in [1.807, 2.05) is 35.2 Å². The first-order valence-electron chi connectivity index (χ1n) is 9.52. The lowest BCUT2D eigenvalue weighted by Gasteiger charge is -2.34. The first-order chi connectivity index (χ1) is 14.0. The van der Waals surface area contributed by atoms with Crippen LogP contribution in [0.3, 0.4) is 0 Å². The number of rotatable bonds is 6. The number of nitrogens with zero attached hydrogens (tertiary/aromatic N) is 3. The molecule has 3 rings (SSSR count). The van der Waals surface area contributed by atoms with E-state index in [1.165, 1.54) is 6.07 Å². The lowest BCUT2D eigenvalue weighted by Crippen LogP contribution is -2.51. The predicted octanol–water partition coefficient (Wildman–Crippen LogP) is 1.98. The Hall–Kier alpha value is -3.26. The fraction of sp³-hybridized carbons (Fsp3) is 0.333. The molecule has 8 heteroatoms. The highest BCUT2D eigenvalue weighted by Crippen LogP contribution is 2.24. The molecule has 0 unspecified atom stereocenters. The van der Waals surface area contributed by atoms with Gasteiger partial charge in [0.25, 0.3) is 11.6 Å². The third-order valence-corrected chi connectivity index (χ3v) is 5.01. The van der Waals surface area contributed by atoms with Crippen molar-refractivity contribution in [2.75, 3.05) is 32.7 Å². The number of nitro benzene ring substituents is 1. The average Bonchev–Trinajstić information content (AvgIpc) is 2.72. The van der Waals surface area contributed by atoms with Crippen LogP contribution < -0.4 is 5.32 Å². The van der Waals surface area contributed by atoms with Crippen molar-refractivity contribution in [1.82, 2.24) is 15.1 Å². The van der Waals surface area contributed by atoms with Gasteiger partial charge in [0.2, 0.25) is 5.91 Å². The van der Waals surface area contributed by atoms with E-state index in [0.29, 0.717) is 38.3 Å². The third kappa shape index (κ3) is 5.17. The number of nitrogens with one attached hydrogen (secondary N) is 1. The molecule has 29 heavy (non-hydrogen) atoms. The molecule has 152 valence electrons. The van der Waals surface area contributed by atoms with E-state index in [9.17, 15) is 19.7 Å². The van der Waals surface area contributed by atoms with Crippen molar-refractivity contribution in [3.63, 3.8) is 0 Å². The summed E-state index contributed by atoms with van der Waals surface area (Å²) < 4.78 is 0. The van der Waals surface area contributed by atoms with Crippen LogP contribution in [0.15, 0.2) is 48.5 Å². The second-order valence-electron chi connectivity index (χ2n) is 7.06. The van der Waals surface area contributed by atoms with Crippen molar-refractivity contribution < 1.29 is 14.5 Å². The molecule has 0 radical (unpaired) electrons. The summed E-state index contributed by atoms with van der Waals surface area (Å²) in [5, 5.41) is 14.2. The normalized spacial score (nSPS) is 14.4. The molecule has 1 fully saturated rings. The van der Waals surface area contributed by atoms with Crippen LogP contribution in [0.5, 0.6) is 0 Å². The summed E-state index contributed by atoms with van der Waals surface area (Å²) in [4.78, 5) is 39.4. The second-order valence-corrected chi connectivity index (χ2v) is 7.06. The highest BCUT2D eigenvalue weighted by Gasteiger charge is 2.29. The van der Waals surface area contributed by atoms with Gasteiger partial charge in [-0.2, -0.15) is 0 Å². The van der Waals surface area contributed by atoms with Crippen molar-refractivity contribution in [3.05, 3.63) is 75.3 Å². The standard InChI is InChI=1S/C21H24N4O4/c1-16-6-5-9-18(20(16)25(28)29)21(27)24-12-10-23(11-13-24)15-19(26)22-14-17-7-3-2-4-8-17/h2-9H,10-15H2,1H3,(H,22,26). The van der Waals surface area contributed by atoms with E-state index in [2.05, 4.69) is 5.32 Å². The maximum absolute atomic E-state index is 12.8. The fourth-order valence-electron chi connectivity index (χ4n) is 3.41. The smallest absolute Gasteiger partial charge is 0.285 e. The summed E-state index contributed by atoms with van der Waals surface area (Å²) in [6, 6.07) is 14.5. The molecule has 0 spiro atoms. The lowest BCUT2D eigenvalue weighted by molar-refractivity contribution is -0.385. The molecular weight excluding hydrogens is 372 g/mol. The number of carbonyl (C=O) groups is 2. The number of carbonyl (C=O) groups excluding carboxylic acids is 2. The number of hydrogen-bond acceptors (Lipinski definition) is 5. The summed E-state index contributed by atoms with van der Waals surface area (Å²) in [7, 11) is 0. The fourth-order valence-corrected chi connectivity index (χ4v) is 3.41. The van der Waals surface area contributed by atoms with Crippen molar-refractivity contribution in [1.29, 1.82) is 0 Å². The van der Waals surface area contributed by atoms with Crippen molar-refractivity contribution in [2.45, 2.75) is 13.5 Å². The summed E-state index contributed by atoms with van der Waals surface area (Å²) in [6.45, 7) is 4.32. The molecular formula is C21H24N4O4. The van der Waals surface area contributed by atoms with E-state index in [0.717, 1.165) is 5.56 Å². The average molecular weight is 396 g/mol. The van der Waals surface area contributed by atoms with Gasteiger partial charge >= 0.3 is 0 Å². The molecule has 1 saturated heterocycles. The minimum Gasteiger partial charge on any atom is -0.351 e. The van der Waals surface area contributed by atoms with Gasteiger partial charge in [0, 0.05) is 38.3 Å². The Bertz CT molecular complexity index is 893. The van der Waals surface area contributed by atoms with Gasteiger partial charge in [-0.05, 0) is 18.6 Å². The maximum Gasteiger partial charge on any atom is 0.285 e. The van der Waals surface area contributed by atoms with Crippen LogP contribution in [-0.4, -0.2) is 59.3 Å². The monoisotopic (exact) mass is 396 g/mol. The van der Waals surface area contributed by atoms with Gasteiger partial charge < -0.3 is 10.2 Å². The number of benzene rings is 2. The minimum atomic E-state index is -0.504. The largest absolute Gasteiger partial charge is 0.351 e. The molecule has 8 nitrogen and oxygen atoms in total. The maximum atomic E-state index is 12.8. The molecule has 1 aliphatic heterocycles. The molecule has 0 aromatic heterocycles. The molecule has 1 heterocycles. The molecule has 1 aliphatic rings. The van der Waals surface area contributed by atoms with Crippen LogP contribution >= 0.6 is 0 Å². The number of hydrogen-bond donors (Lipinski definition) is 1. The van der Waals surface area contributed by atoms with Gasteiger partial charge in [-0.3, -0.25) is 24.6 Å². The number of amides is 2. The molecule has 2 aromatic carbocycles. The zero-order chi connectivity index (χ0) is 20.8. The lowest BCUT2D eigenvalue weighted by atomic mass is 10.1. The number of nitro groups is 1. The van der Waals surface area contributed by atoms with Gasteiger partial charge in [0.15, 0.2) is 0 Å². The summed E-state index contributed by atoms with van der Waals surface area (Å²) in [5.74, 6) is -0.406. The number of para-hydroxylation sites is 1. The Morgan fingerprint density at radius 2 is 1.72 bits per heavy atom. The van der Waals surface area contributed by atoms with Crippen LogP contribution in [0.25, 0.3) is 0 Å². The Morgan fingerprint density at radius 3 is 2.38 bits per heavy atom. The highest BCUT2D eigenvalue weighted by molar-refractivity contribution is 5.98. The van der Waals surface area contributed by atoms with Crippen LogP contribution in [-0.2, 0) is 11.3 Å². The Kier molecular flexibility index (Phi) is 6.56. The summed E-state index contributed by atoms with van der Waals surface area (Å²) in [5.41, 5.74) is 1.48. The van der Waals surface area contributed by atoms with Gasteiger partial charge in [-0.15, -0.1) is 0 Å². The summed E-state index contributed by atoms with van der Waals surface area (Å²) in [6.07, 6.45) is 0. The number of piperazine rings is 1. The zero-order valence-electron chi connectivity index (χ0n) is 16.3. The first-order valence-corrected chi connectivity index (χ1v) is 9.52. The molecule has 0 bridgehead atoms. The molecule has 0 aliphatic carbocycles. The van der Waals surface area contributed by atoms with E-state index in [4.69, 9.17) is 0 Å². The van der Waals surface area contributed by atoms with Gasteiger partial charge in [0.05, 0.1) is 11.5 Å². The molecule has 2 aromatic rings. The Morgan fingerprint density at radius 1 is 1.03 bits per heavy atom. The predicted molar refractivity (Wildman–Crippen MR) is 108 cm³/mol. The van der Waals surface area contributed by atoms with Crippen molar-refractivity contribution >= 4 is 17.5 Å². The molecule has 2 amide bonds. The van der Waals surface area contributed by atoms with E-state index >= 15 is 0 Å². The third-order valence-electron chi connectivity index (χ3n) is 5.01. The Balaban J connectivity index is 1.51. The quantitative estimate of drug-likeness (QED) is 0.595. The van der Waals surface area contributed by atoms with Gasteiger partial charge in [-0.25, -0.2) is 0 Å². The molecule has 0 saturated carbocycles. The summed E-state index contributed by atoms with van der Waals surface area (Å²) >= 11 is 0.